The van der Waals surface area contributed by atoms with Gasteiger partial charge in [-0.05, 0) is 29.3 Å². The molecule has 0 unspecified atom stereocenters. The normalized spacial score (nSPS) is 12.1. The van der Waals surface area contributed by atoms with Crippen molar-refractivity contribution >= 4 is 5.78 Å². The topological polar surface area (TPSA) is 87.9 Å². The molecule has 0 saturated heterocycles. The zero-order chi connectivity index (χ0) is 24.9. The lowest BCUT2D eigenvalue weighted by Gasteiger charge is -2.29. The number of ketones is 1. The molecule has 0 atom stereocenters. The highest BCUT2D eigenvalue weighted by molar-refractivity contribution is 5.86. The molecule has 0 aliphatic carbocycles. The highest BCUT2D eigenvalue weighted by Crippen LogP contribution is 2.32. The van der Waals surface area contributed by atoms with Crippen molar-refractivity contribution in [1.82, 2.24) is 14.6 Å². The molecule has 0 radical (unpaired) electrons. The maximum Gasteiger partial charge on any atom is 0.416 e. The first-order chi connectivity index (χ1) is 16.0. The summed E-state index contributed by atoms with van der Waals surface area (Å²) in [4.78, 5) is 17.2. The second kappa shape index (κ2) is 10.2. The van der Waals surface area contributed by atoms with E-state index in [2.05, 4.69) is 11.1 Å². The molecular formula is C25H26F3N5O. The molecule has 0 fully saturated rings. The van der Waals surface area contributed by atoms with Crippen LogP contribution in [0.15, 0.2) is 61.1 Å². The van der Waals surface area contributed by atoms with E-state index in [0.717, 1.165) is 11.6 Å². The van der Waals surface area contributed by atoms with Gasteiger partial charge in [0.05, 0.1) is 23.5 Å². The number of Topliss-reactive ketones (excluding diaryl/α,β-unsaturated/α-hetero) is 1. The number of nitriles is 1. The van der Waals surface area contributed by atoms with Gasteiger partial charge in [0, 0.05) is 43.4 Å². The fourth-order valence-electron chi connectivity index (χ4n) is 3.73. The molecule has 0 saturated carbocycles. The van der Waals surface area contributed by atoms with Crippen molar-refractivity contribution in [2.45, 2.75) is 39.5 Å². The molecule has 34 heavy (non-hydrogen) atoms. The van der Waals surface area contributed by atoms with Crippen molar-refractivity contribution in [3.63, 3.8) is 0 Å². The molecule has 178 valence electrons. The van der Waals surface area contributed by atoms with Crippen LogP contribution in [0.2, 0.25) is 0 Å². The second-order valence-electron chi connectivity index (χ2n) is 8.87. The maximum absolute atomic E-state index is 13.3. The Kier molecular flexibility index (Phi) is 7.54. The van der Waals surface area contributed by atoms with Crippen LogP contribution in [0.4, 0.5) is 13.2 Å². The number of benzene rings is 2. The monoisotopic (exact) mass is 469 g/mol. The van der Waals surface area contributed by atoms with E-state index in [4.69, 9.17) is 11.1 Å². The highest BCUT2D eigenvalue weighted by Gasteiger charge is 2.34. The third-order valence-corrected chi connectivity index (χ3v) is 5.63. The van der Waals surface area contributed by atoms with Crippen LogP contribution in [0.1, 0.15) is 41.8 Å². The molecule has 6 nitrogen and oxygen atoms in total. The summed E-state index contributed by atoms with van der Waals surface area (Å²) in [6.45, 7) is 3.90. The van der Waals surface area contributed by atoms with Crippen LogP contribution in [-0.2, 0) is 30.5 Å². The van der Waals surface area contributed by atoms with Gasteiger partial charge in [0.2, 0.25) is 0 Å². The Morgan fingerprint density at radius 1 is 1.15 bits per heavy atom. The number of halogens is 3. The van der Waals surface area contributed by atoms with Gasteiger partial charge < -0.3 is 4.57 Å². The van der Waals surface area contributed by atoms with Crippen LogP contribution in [0.25, 0.3) is 0 Å². The van der Waals surface area contributed by atoms with Gasteiger partial charge in [-0.2, -0.15) is 18.4 Å². The molecule has 2 N–H and O–H groups in total. The van der Waals surface area contributed by atoms with Crippen LogP contribution >= 0.6 is 0 Å². The Bertz CT molecular complexity index is 1180. The van der Waals surface area contributed by atoms with Gasteiger partial charge in [0.15, 0.2) is 0 Å². The summed E-state index contributed by atoms with van der Waals surface area (Å²) in [7, 11) is 0. The zero-order valence-corrected chi connectivity index (χ0v) is 19.0. The number of hydrogen-bond donors (Lipinski definition) is 1. The molecule has 0 bridgehead atoms. The third-order valence-electron chi connectivity index (χ3n) is 5.63. The van der Waals surface area contributed by atoms with E-state index < -0.39 is 17.2 Å². The summed E-state index contributed by atoms with van der Waals surface area (Å²) in [6, 6.07) is 14.5. The first kappa shape index (κ1) is 25.1. The van der Waals surface area contributed by atoms with E-state index in [1.807, 2.05) is 16.7 Å². The molecule has 3 aromatic rings. The fraction of sp³-hybridized carbons (Fsp3) is 0.320. The Hall–Kier alpha value is -3.48. The average molecular weight is 470 g/mol. The number of carbonyl (C=O) groups is 1. The lowest BCUT2D eigenvalue weighted by atomic mass is 9.85. The van der Waals surface area contributed by atoms with E-state index in [-0.39, 0.29) is 30.9 Å². The van der Waals surface area contributed by atoms with Gasteiger partial charge in [-0.15, -0.1) is 0 Å². The molecule has 1 aromatic heterocycles. The number of rotatable bonds is 9. The summed E-state index contributed by atoms with van der Waals surface area (Å²) >= 11 is 0. The fourth-order valence-corrected chi connectivity index (χ4v) is 3.73. The SMILES string of the molecule is CC(C)(CN(N)Cc1ccccc1C(F)(F)F)C(=O)Cc1cncn1Cc1ccc(C#N)cc1. The number of hydrazine groups is 1. The number of nitrogens with two attached hydrogens (primary N) is 1. The van der Waals surface area contributed by atoms with Gasteiger partial charge in [0.1, 0.15) is 5.78 Å². The zero-order valence-electron chi connectivity index (χ0n) is 19.0. The minimum Gasteiger partial charge on any atom is -0.330 e. The Morgan fingerprint density at radius 2 is 1.82 bits per heavy atom. The van der Waals surface area contributed by atoms with Crippen molar-refractivity contribution in [2.24, 2.45) is 11.3 Å². The Labute approximate surface area is 196 Å². The van der Waals surface area contributed by atoms with Gasteiger partial charge in [-0.1, -0.05) is 44.2 Å². The number of hydrogen-bond acceptors (Lipinski definition) is 5. The molecule has 9 heteroatoms. The number of imidazole rings is 1. The molecule has 3 rings (SSSR count). The van der Waals surface area contributed by atoms with Crippen LogP contribution in [-0.4, -0.2) is 26.9 Å². The van der Waals surface area contributed by atoms with E-state index in [0.29, 0.717) is 17.8 Å². The lowest BCUT2D eigenvalue weighted by molar-refractivity contribution is -0.138. The summed E-state index contributed by atoms with van der Waals surface area (Å²) in [5.74, 6) is 5.94. The number of nitrogens with zero attached hydrogens (tertiary/aromatic N) is 4. The van der Waals surface area contributed by atoms with E-state index in [1.54, 1.807) is 38.5 Å². The quantitative estimate of drug-likeness (QED) is 0.372. The summed E-state index contributed by atoms with van der Waals surface area (Å²) in [5, 5.41) is 10.2. The van der Waals surface area contributed by atoms with Crippen molar-refractivity contribution in [1.29, 1.82) is 5.26 Å². The summed E-state index contributed by atoms with van der Waals surface area (Å²) in [5.41, 5.74) is 0.666. The van der Waals surface area contributed by atoms with E-state index in [1.165, 1.54) is 23.2 Å². The van der Waals surface area contributed by atoms with Crippen LogP contribution < -0.4 is 5.84 Å². The predicted octanol–water partition coefficient (Wildman–Crippen LogP) is 4.34. The molecule has 0 amide bonds. The third kappa shape index (κ3) is 6.31. The molecule has 2 aromatic carbocycles. The molecule has 0 spiro atoms. The number of aromatic nitrogens is 2. The highest BCUT2D eigenvalue weighted by atomic mass is 19.4. The van der Waals surface area contributed by atoms with Crippen molar-refractivity contribution in [3.8, 4) is 6.07 Å². The average Bonchev–Trinajstić information content (AvgIpc) is 3.20. The lowest BCUT2D eigenvalue weighted by Crippen LogP contribution is -2.43. The van der Waals surface area contributed by atoms with E-state index in [9.17, 15) is 18.0 Å². The van der Waals surface area contributed by atoms with Crippen molar-refractivity contribution in [3.05, 3.63) is 89.0 Å². The first-order valence-electron chi connectivity index (χ1n) is 10.7. The Balaban J connectivity index is 1.65. The van der Waals surface area contributed by atoms with E-state index >= 15 is 0 Å². The summed E-state index contributed by atoms with van der Waals surface area (Å²) < 4.78 is 41.7. The number of carbonyl (C=O) groups excluding carboxylic acids is 1. The van der Waals surface area contributed by atoms with Gasteiger partial charge in [0.25, 0.3) is 0 Å². The summed E-state index contributed by atoms with van der Waals surface area (Å²) in [6.07, 6.45) is -1.11. The molecule has 1 heterocycles. The van der Waals surface area contributed by atoms with Crippen molar-refractivity contribution < 1.29 is 18.0 Å². The number of alkyl halides is 3. The Morgan fingerprint density at radius 3 is 2.47 bits per heavy atom. The van der Waals surface area contributed by atoms with Gasteiger partial charge in [-0.3, -0.25) is 10.6 Å². The van der Waals surface area contributed by atoms with Crippen LogP contribution in [0.3, 0.4) is 0 Å². The van der Waals surface area contributed by atoms with Crippen LogP contribution in [0.5, 0.6) is 0 Å². The minimum absolute atomic E-state index is 0.0567. The minimum atomic E-state index is -4.48. The first-order valence-corrected chi connectivity index (χ1v) is 10.7. The largest absolute Gasteiger partial charge is 0.416 e. The van der Waals surface area contributed by atoms with Gasteiger partial charge in [-0.25, -0.2) is 9.99 Å². The van der Waals surface area contributed by atoms with Crippen molar-refractivity contribution in [2.75, 3.05) is 6.54 Å². The molecule has 0 aliphatic rings. The second-order valence-corrected chi connectivity index (χ2v) is 8.87. The molecule has 0 aliphatic heterocycles. The van der Waals surface area contributed by atoms with Gasteiger partial charge >= 0.3 is 6.18 Å². The maximum atomic E-state index is 13.3. The van der Waals surface area contributed by atoms with Crippen LogP contribution in [0, 0.1) is 16.7 Å². The predicted molar refractivity (Wildman–Crippen MR) is 121 cm³/mol. The smallest absolute Gasteiger partial charge is 0.330 e. The molecular weight excluding hydrogens is 443 g/mol. The standard InChI is InChI=1S/C25H26F3N5O/c1-24(2,16-33(30)15-20-5-3-4-6-22(20)25(26,27)28)23(34)11-21-13-31-17-32(21)14-19-9-7-18(12-29)8-10-19/h3-10,13,17H,11,14-16,30H2,1-2H3.